The van der Waals surface area contributed by atoms with Crippen LogP contribution in [0.2, 0.25) is 5.02 Å². The van der Waals surface area contributed by atoms with E-state index in [2.05, 4.69) is 37.2 Å². The van der Waals surface area contributed by atoms with Crippen molar-refractivity contribution in [3.63, 3.8) is 0 Å². The van der Waals surface area contributed by atoms with Crippen molar-refractivity contribution >= 4 is 73.1 Å². The number of hydrogen-bond acceptors (Lipinski definition) is 4. The van der Waals surface area contributed by atoms with E-state index in [0.29, 0.717) is 21.3 Å². The fraction of sp³-hybridized carbons (Fsp3) is 0.0417. The van der Waals surface area contributed by atoms with E-state index in [0.717, 1.165) is 9.37 Å². The third kappa shape index (κ3) is 5.06. The lowest BCUT2D eigenvalue weighted by molar-refractivity contribution is -0.122. The van der Waals surface area contributed by atoms with Crippen molar-refractivity contribution in [1.82, 2.24) is 5.32 Å². The highest BCUT2D eigenvalue weighted by atomic mass is 79.9. The highest BCUT2D eigenvalue weighted by Crippen LogP contribution is 2.36. The van der Waals surface area contributed by atoms with Gasteiger partial charge in [-0.1, -0.05) is 45.7 Å². The number of carbonyl (C=O) groups is 3. The molecular formula is C24H14Br2ClFN2O4. The van der Waals surface area contributed by atoms with Crippen LogP contribution in [0.1, 0.15) is 11.1 Å². The molecule has 3 aromatic rings. The summed E-state index contributed by atoms with van der Waals surface area (Å²) >= 11 is 13.0. The summed E-state index contributed by atoms with van der Waals surface area (Å²) in [6.45, 7) is -0.0451. The summed E-state index contributed by atoms with van der Waals surface area (Å²) in [5.41, 5.74) is 0.836. The molecule has 0 saturated carbocycles. The Morgan fingerprint density at radius 3 is 2.41 bits per heavy atom. The molecule has 1 heterocycles. The van der Waals surface area contributed by atoms with Gasteiger partial charge in [-0.25, -0.2) is 14.1 Å². The second-order valence-electron chi connectivity index (χ2n) is 7.13. The van der Waals surface area contributed by atoms with Gasteiger partial charge in [0.15, 0.2) is 5.75 Å². The molecule has 0 atom stereocenters. The van der Waals surface area contributed by atoms with Gasteiger partial charge in [0.1, 0.15) is 18.0 Å². The molecule has 4 rings (SSSR count). The van der Waals surface area contributed by atoms with Crippen LogP contribution in [0.4, 0.5) is 14.9 Å². The Kier molecular flexibility index (Phi) is 7.16. The summed E-state index contributed by atoms with van der Waals surface area (Å²) in [6.07, 6.45) is 1.33. The van der Waals surface area contributed by atoms with E-state index in [1.165, 1.54) is 18.2 Å². The highest BCUT2D eigenvalue weighted by molar-refractivity contribution is 9.10. The number of hydrogen-bond donors (Lipinski definition) is 1. The Bertz CT molecular complexity index is 1320. The SMILES string of the molecule is O=C1NC(=O)N(c2ccc(Br)cc2)C(=O)/C1=C/c1cc(Cl)c(OCc2ccccc2F)c(Br)c1. The minimum Gasteiger partial charge on any atom is -0.486 e. The van der Waals surface area contributed by atoms with E-state index < -0.39 is 23.7 Å². The van der Waals surface area contributed by atoms with Crippen LogP contribution in [-0.4, -0.2) is 17.8 Å². The average Bonchev–Trinajstić information content (AvgIpc) is 2.78. The molecule has 0 unspecified atom stereocenters. The van der Waals surface area contributed by atoms with Gasteiger partial charge in [-0.3, -0.25) is 14.9 Å². The first-order chi connectivity index (χ1) is 16.2. The molecule has 3 aromatic carbocycles. The van der Waals surface area contributed by atoms with Gasteiger partial charge < -0.3 is 4.74 Å². The van der Waals surface area contributed by atoms with Crippen LogP contribution in [0.3, 0.4) is 0 Å². The number of amides is 4. The smallest absolute Gasteiger partial charge is 0.335 e. The van der Waals surface area contributed by atoms with Gasteiger partial charge in [-0.2, -0.15) is 0 Å². The van der Waals surface area contributed by atoms with Crippen LogP contribution in [0.5, 0.6) is 5.75 Å². The first-order valence-corrected chi connectivity index (χ1v) is 11.7. The summed E-state index contributed by atoms with van der Waals surface area (Å²) in [5, 5.41) is 2.35. The number of halogens is 4. The van der Waals surface area contributed by atoms with Gasteiger partial charge in [0, 0.05) is 10.0 Å². The van der Waals surface area contributed by atoms with Crippen molar-refractivity contribution in [2.75, 3.05) is 4.90 Å². The molecule has 4 amide bonds. The van der Waals surface area contributed by atoms with Crippen molar-refractivity contribution in [1.29, 1.82) is 0 Å². The maximum atomic E-state index is 13.9. The third-order valence-electron chi connectivity index (χ3n) is 4.85. The lowest BCUT2D eigenvalue weighted by atomic mass is 10.1. The Balaban J connectivity index is 1.61. The summed E-state index contributed by atoms with van der Waals surface area (Å²) in [6, 6.07) is 15.0. The van der Waals surface area contributed by atoms with Crippen LogP contribution in [0, 0.1) is 5.82 Å². The minimum absolute atomic E-state index is 0.0451. The number of benzene rings is 3. The monoisotopic (exact) mass is 606 g/mol. The number of ether oxygens (including phenoxy) is 1. The number of nitrogens with one attached hydrogen (secondary N) is 1. The number of imide groups is 2. The molecule has 0 spiro atoms. The normalized spacial score (nSPS) is 15.0. The molecule has 0 bridgehead atoms. The molecular weight excluding hydrogens is 595 g/mol. The van der Waals surface area contributed by atoms with Crippen LogP contribution in [0.15, 0.2) is 75.2 Å². The lowest BCUT2D eigenvalue weighted by Crippen LogP contribution is -2.54. The van der Waals surface area contributed by atoms with E-state index in [1.807, 2.05) is 0 Å². The Morgan fingerprint density at radius 1 is 1.03 bits per heavy atom. The second-order valence-corrected chi connectivity index (χ2v) is 9.31. The van der Waals surface area contributed by atoms with Crippen molar-refractivity contribution in [3.8, 4) is 5.75 Å². The number of carbonyl (C=O) groups excluding carboxylic acids is 3. The van der Waals surface area contributed by atoms with Crippen molar-refractivity contribution in [2.45, 2.75) is 6.61 Å². The van der Waals surface area contributed by atoms with Crippen LogP contribution >= 0.6 is 43.5 Å². The zero-order valence-electron chi connectivity index (χ0n) is 17.2. The highest BCUT2D eigenvalue weighted by Gasteiger charge is 2.36. The van der Waals surface area contributed by atoms with E-state index in [9.17, 15) is 18.8 Å². The molecule has 1 saturated heterocycles. The van der Waals surface area contributed by atoms with Crippen molar-refractivity contribution in [2.24, 2.45) is 0 Å². The fourth-order valence-corrected chi connectivity index (χ4v) is 4.47. The molecule has 34 heavy (non-hydrogen) atoms. The average molecular weight is 609 g/mol. The van der Waals surface area contributed by atoms with Crippen molar-refractivity contribution < 1.29 is 23.5 Å². The minimum atomic E-state index is -0.842. The molecule has 1 aliphatic heterocycles. The number of nitrogens with zero attached hydrogens (tertiary/aromatic N) is 1. The maximum Gasteiger partial charge on any atom is 0.335 e. The predicted octanol–water partition coefficient (Wildman–Crippen LogP) is 6.25. The first-order valence-electron chi connectivity index (χ1n) is 9.77. The van der Waals surface area contributed by atoms with E-state index >= 15 is 0 Å². The first kappa shape index (κ1) is 24.1. The number of barbiturate groups is 1. The Hall–Kier alpha value is -3.01. The zero-order chi connectivity index (χ0) is 24.4. The second kappa shape index (κ2) is 10.1. The standard InChI is InChI=1S/C24H14Br2ClFN2O4/c25-15-5-7-16(8-6-15)30-23(32)17(22(31)29-24(30)33)9-13-10-18(26)21(19(27)11-13)34-12-14-3-1-2-4-20(14)28/h1-11H,12H2,(H,29,31,33)/b17-9+. The van der Waals surface area contributed by atoms with Gasteiger partial charge in [-0.15, -0.1) is 0 Å². The van der Waals surface area contributed by atoms with E-state index in [4.69, 9.17) is 16.3 Å². The summed E-state index contributed by atoms with van der Waals surface area (Å²) in [5.74, 6) is -1.72. The molecule has 1 N–H and O–H groups in total. The quantitative estimate of drug-likeness (QED) is 0.275. The molecule has 6 nitrogen and oxygen atoms in total. The summed E-state index contributed by atoms with van der Waals surface area (Å²) in [7, 11) is 0. The Morgan fingerprint density at radius 2 is 1.74 bits per heavy atom. The van der Waals surface area contributed by atoms with Crippen LogP contribution in [0.25, 0.3) is 6.08 Å². The largest absolute Gasteiger partial charge is 0.486 e. The predicted molar refractivity (Wildman–Crippen MR) is 133 cm³/mol. The topological polar surface area (TPSA) is 75.7 Å². The molecule has 1 fully saturated rings. The Labute approximate surface area is 215 Å². The van der Waals surface area contributed by atoms with Gasteiger partial charge in [0.2, 0.25) is 0 Å². The van der Waals surface area contributed by atoms with E-state index in [1.54, 1.807) is 48.5 Å². The lowest BCUT2D eigenvalue weighted by Gasteiger charge is -2.26. The van der Waals surface area contributed by atoms with Gasteiger partial charge >= 0.3 is 6.03 Å². The molecule has 172 valence electrons. The van der Waals surface area contributed by atoms with Gasteiger partial charge in [-0.05, 0) is 70.0 Å². The van der Waals surface area contributed by atoms with Crippen LogP contribution < -0.4 is 15.0 Å². The van der Waals surface area contributed by atoms with Crippen molar-refractivity contribution in [3.05, 3.63) is 97.1 Å². The number of urea groups is 1. The van der Waals surface area contributed by atoms with E-state index in [-0.39, 0.29) is 23.0 Å². The van der Waals surface area contributed by atoms with Gasteiger partial charge in [0.05, 0.1) is 15.2 Å². The third-order valence-corrected chi connectivity index (χ3v) is 6.25. The zero-order valence-corrected chi connectivity index (χ0v) is 21.1. The van der Waals surface area contributed by atoms with Crippen LogP contribution in [-0.2, 0) is 16.2 Å². The molecule has 0 aliphatic carbocycles. The number of rotatable bonds is 5. The summed E-state index contributed by atoms with van der Waals surface area (Å²) < 4.78 is 20.7. The fourth-order valence-electron chi connectivity index (χ4n) is 3.21. The molecule has 10 heteroatoms. The molecule has 0 radical (unpaired) electrons. The summed E-state index contributed by atoms with van der Waals surface area (Å²) in [4.78, 5) is 38.6. The molecule has 1 aliphatic rings. The maximum absolute atomic E-state index is 13.9. The number of anilines is 1. The van der Waals surface area contributed by atoms with Gasteiger partial charge in [0.25, 0.3) is 11.8 Å². The molecule has 0 aromatic heterocycles.